The summed E-state index contributed by atoms with van der Waals surface area (Å²) in [6.45, 7) is 2.31. The van der Waals surface area contributed by atoms with Crippen LogP contribution in [0.2, 0.25) is 0 Å². The van der Waals surface area contributed by atoms with E-state index in [4.69, 9.17) is 22.7 Å². The Morgan fingerprint density at radius 2 is 2.29 bits per heavy atom. The molecule has 0 saturated carbocycles. The summed E-state index contributed by atoms with van der Waals surface area (Å²) >= 11 is 4.83. The van der Waals surface area contributed by atoms with E-state index < -0.39 is 0 Å². The average molecular weight is 252 g/mol. The van der Waals surface area contributed by atoms with Crippen molar-refractivity contribution in [1.29, 1.82) is 0 Å². The molecule has 0 radical (unpaired) electrons. The first-order valence-electron chi connectivity index (χ1n) is 5.26. The maximum Gasteiger partial charge on any atom is 0.251 e. The summed E-state index contributed by atoms with van der Waals surface area (Å²) < 4.78 is 5.05. The highest BCUT2D eigenvalue weighted by atomic mass is 32.1. The minimum atomic E-state index is -0.160. The van der Waals surface area contributed by atoms with Gasteiger partial charge in [0.1, 0.15) is 5.75 Å². The van der Waals surface area contributed by atoms with Crippen molar-refractivity contribution in [3.8, 4) is 5.75 Å². The number of nitrogens with one attached hydrogen (secondary N) is 1. The summed E-state index contributed by atoms with van der Waals surface area (Å²) in [5, 5.41) is 2.77. The maximum atomic E-state index is 11.8. The summed E-state index contributed by atoms with van der Waals surface area (Å²) in [6.07, 6.45) is 0. The highest BCUT2D eigenvalue weighted by Crippen LogP contribution is 2.12. The van der Waals surface area contributed by atoms with Crippen LogP contribution in [0.25, 0.3) is 0 Å². The van der Waals surface area contributed by atoms with Gasteiger partial charge in [0.15, 0.2) is 0 Å². The second-order valence-corrected chi connectivity index (χ2v) is 4.22. The third kappa shape index (κ3) is 4.03. The van der Waals surface area contributed by atoms with Crippen molar-refractivity contribution in [2.45, 2.75) is 6.92 Å². The Balaban J connectivity index is 2.60. The number of rotatable bonds is 5. The lowest BCUT2D eigenvalue weighted by molar-refractivity contribution is 0.0951. The van der Waals surface area contributed by atoms with Crippen LogP contribution in [0.1, 0.15) is 17.3 Å². The molecular formula is C12H16N2O2S. The zero-order valence-electron chi connectivity index (χ0n) is 9.90. The Kier molecular flexibility index (Phi) is 4.90. The molecule has 0 bridgehead atoms. The standard InChI is InChI=1S/C12H16N2O2S/c1-8(11(13)17)7-14-12(15)9-4-3-5-10(6-9)16-2/h3-6,8H,7H2,1-2H3,(H2,13,17)(H,14,15). The molecule has 1 atom stereocenters. The van der Waals surface area contributed by atoms with E-state index in [9.17, 15) is 4.79 Å². The molecule has 0 aliphatic rings. The van der Waals surface area contributed by atoms with E-state index in [1.807, 2.05) is 6.92 Å². The molecule has 0 saturated heterocycles. The predicted octanol–water partition coefficient (Wildman–Crippen LogP) is 1.35. The number of hydrogen-bond acceptors (Lipinski definition) is 3. The minimum Gasteiger partial charge on any atom is -0.497 e. The van der Waals surface area contributed by atoms with Gasteiger partial charge in [-0.05, 0) is 18.2 Å². The highest BCUT2D eigenvalue weighted by molar-refractivity contribution is 7.80. The van der Waals surface area contributed by atoms with Crippen LogP contribution >= 0.6 is 12.2 Å². The number of amides is 1. The quantitative estimate of drug-likeness (QED) is 0.776. The molecular weight excluding hydrogens is 236 g/mol. The molecule has 4 nitrogen and oxygen atoms in total. The third-order valence-corrected chi connectivity index (χ3v) is 2.79. The van der Waals surface area contributed by atoms with Crippen LogP contribution in [0.4, 0.5) is 0 Å². The monoisotopic (exact) mass is 252 g/mol. The number of ether oxygens (including phenoxy) is 1. The van der Waals surface area contributed by atoms with Crippen molar-refractivity contribution in [2.24, 2.45) is 11.7 Å². The summed E-state index contributed by atoms with van der Waals surface area (Å²) in [6, 6.07) is 6.96. The van der Waals surface area contributed by atoms with E-state index in [1.54, 1.807) is 31.4 Å². The Hall–Kier alpha value is -1.62. The Labute approximate surface area is 106 Å². The van der Waals surface area contributed by atoms with Gasteiger partial charge in [-0.3, -0.25) is 4.79 Å². The van der Waals surface area contributed by atoms with Crippen LogP contribution in [-0.4, -0.2) is 24.6 Å². The molecule has 1 rings (SSSR count). The van der Waals surface area contributed by atoms with Crippen molar-refractivity contribution in [1.82, 2.24) is 5.32 Å². The van der Waals surface area contributed by atoms with Gasteiger partial charge in [-0.25, -0.2) is 0 Å². The van der Waals surface area contributed by atoms with Crippen molar-refractivity contribution in [3.05, 3.63) is 29.8 Å². The first kappa shape index (κ1) is 13.4. The van der Waals surface area contributed by atoms with Gasteiger partial charge in [-0.15, -0.1) is 0 Å². The van der Waals surface area contributed by atoms with Crippen molar-refractivity contribution in [3.63, 3.8) is 0 Å². The molecule has 0 heterocycles. The Morgan fingerprint density at radius 1 is 1.59 bits per heavy atom. The van der Waals surface area contributed by atoms with Crippen LogP contribution in [-0.2, 0) is 0 Å². The highest BCUT2D eigenvalue weighted by Gasteiger charge is 2.09. The fourth-order valence-corrected chi connectivity index (χ4v) is 1.30. The van der Waals surface area contributed by atoms with E-state index in [2.05, 4.69) is 5.32 Å². The lowest BCUT2D eigenvalue weighted by Gasteiger charge is -2.11. The summed E-state index contributed by atoms with van der Waals surface area (Å²) in [5.74, 6) is 0.478. The molecule has 5 heteroatoms. The number of carbonyl (C=O) groups is 1. The molecule has 1 unspecified atom stereocenters. The van der Waals surface area contributed by atoms with Crippen LogP contribution in [0, 0.1) is 5.92 Å². The molecule has 0 aliphatic heterocycles. The van der Waals surface area contributed by atoms with Gasteiger partial charge in [0.05, 0.1) is 12.1 Å². The van der Waals surface area contributed by atoms with Crippen LogP contribution in [0.15, 0.2) is 24.3 Å². The van der Waals surface area contributed by atoms with E-state index in [-0.39, 0.29) is 11.8 Å². The normalized spacial score (nSPS) is 11.6. The number of methoxy groups -OCH3 is 1. The lowest BCUT2D eigenvalue weighted by Crippen LogP contribution is -2.33. The van der Waals surface area contributed by atoms with Crippen molar-refractivity contribution in [2.75, 3.05) is 13.7 Å². The second-order valence-electron chi connectivity index (χ2n) is 3.75. The molecule has 0 fully saturated rings. The molecule has 1 aromatic rings. The molecule has 1 aromatic carbocycles. The minimum absolute atomic E-state index is 0.0143. The average Bonchev–Trinajstić information content (AvgIpc) is 2.35. The van der Waals surface area contributed by atoms with Gasteiger partial charge < -0.3 is 15.8 Å². The molecule has 0 spiro atoms. The van der Waals surface area contributed by atoms with Crippen LogP contribution < -0.4 is 15.8 Å². The number of carbonyl (C=O) groups excluding carboxylic acids is 1. The topological polar surface area (TPSA) is 64.3 Å². The SMILES string of the molecule is COc1cccc(C(=O)NCC(C)C(N)=S)c1. The summed E-state index contributed by atoms with van der Waals surface area (Å²) in [5.41, 5.74) is 6.02. The number of hydrogen-bond donors (Lipinski definition) is 2. The van der Waals surface area contributed by atoms with E-state index in [0.29, 0.717) is 22.8 Å². The molecule has 0 aromatic heterocycles. The predicted molar refractivity (Wildman–Crippen MR) is 71.3 cm³/mol. The molecule has 92 valence electrons. The Bertz CT molecular complexity index is 421. The smallest absolute Gasteiger partial charge is 0.251 e. The number of benzene rings is 1. The van der Waals surface area contributed by atoms with Gasteiger partial charge in [0, 0.05) is 18.0 Å². The summed E-state index contributed by atoms with van der Waals surface area (Å²) in [4.78, 5) is 12.2. The fourth-order valence-electron chi connectivity index (χ4n) is 1.21. The Morgan fingerprint density at radius 3 is 2.88 bits per heavy atom. The van der Waals surface area contributed by atoms with Gasteiger partial charge in [-0.2, -0.15) is 0 Å². The zero-order chi connectivity index (χ0) is 12.8. The van der Waals surface area contributed by atoms with Gasteiger partial charge in [-0.1, -0.05) is 25.2 Å². The van der Waals surface area contributed by atoms with E-state index >= 15 is 0 Å². The third-order valence-electron chi connectivity index (χ3n) is 2.39. The molecule has 3 N–H and O–H groups in total. The molecule has 17 heavy (non-hydrogen) atoms. The van der Waals surface area contributed by atoms with Crippen LogP contribution in [0.5, 0.6) is 5.75 Å². The first-order chi connectivity index (χ1) is 8.04. The van der Waals surface area contributed by atoms with Crippen LogP contribution in [0.3, 0.4) is 0 Å². The zero-order valence-corrected chi connectivity index (χ0v) is 10.7. The largest absolute Gasteiger partial charge is 0.497 e. The molecule has 1 amide bonds. The second kappa shape index (κ2) is 6.20. The first-order valence-corrected chi connectivity index (χ1v) is 5.67. The summed E-state index contributed by atoms with van der Waals surface area (Å²) in [7, 11) is 1.56. The maximum absolute atomic E-state index is 11.8. The van der Waals surface area contributed by atoms with Gasteiger partial charge in [0.25, 0.3) is 5.91 Å². The van der Waals surface area contributed by atoms with Gasteiger partial charge in [0.2, 0.25) is 0 Å². The molecule has 0 aliphatic carbocycles. The fraction of sp³-hybridized carbons (Fsp3) is 0.333. The van der Waals surface area contributed by atoms with E-state index in [1.165, 1.54) is 0 Å². The number of nitrogens with two attached hydrogens (primary N) is 1. The van der Waals surface area contributed by atoms with Crippen molar-refractivity contribution < 1.29 is 9.53 Å². The van der Waals surface area contributed by atoms with Gasteiger partial charge >= 0.3 is 0 Å². The van der Waals surface area contributed by atoms with Crippen molar-refractivity contribution >= 4 is 23.1 Å². The lowest BCUT2D eigenvalue weighted by atomic mass is 10.1. The number of thiocarbonyl (C=S) groups is 1. The van der Waals surface area contributed by atoms with E-state index in [0.717, 1.165) is 0 Å².